The van der Waals surface area contributed by atoms with E-state index in [4.69, 9.17) is 0 Å². The summed E-state index contributed by atoms with van der Waals surface area (Å²) in [6.07, 6.45) is 7.26. The Morgan fingerprint density at radius 2 is 1.88 bits per heavy atom. The minimum Gasteiger partial charge on any atom is -0.350 e. The highest BCUT2D eigenvalue weighted by atomic mass is 32.2. The molecule has 2 aromatic rings. The lowest BCUT2D eigenvalue weighted by Gasteiger charge is -2.28. The van der Waals surface area contributed by atoms with E-state index in [0.29, 0.717) is 17.3 Å². The molecule has 1 saturated heterocycles. The van der Waals surface area contributed by atoms with Crippen molar-refractivity contribution in [3.8, 4) is 0 Å². The smallest absolute Gasteiger partial charge is 0.254 e. The summed E-state index contributed by atoms with van der Waals surface area (Å²) in [5, 5.41) is 3.60. The fourth-order valence-corrected chi connectivity index (χ4v) is 3.34. The Kier molecular flexibility index (Phi) is 5.99. The number of hydrogen-bond acceptors (Lipinski definition) is 5. The molecule has 7 heteroatoms. The van der Waals surface area contributed by atoms with Gasteiger partial charge in [0.1, 0.15) is 5.82 Å². The SMILES string of the molecule is CSc1ncc(C(=O)NC[C@@H](c2ccc(F)cc2)N2CCCC2)cn1. The first-order valence-electron chi connectivity index (χ1n) is 8.31. The molecule has 0 aliphatic carbocycles. The summed E-state index contributed by atoms with van der Waals surface area (Å²) in [6.45, 7) is 2.45. The highest BCUT2D eigenvalue weighted by Crippen LogP contribution is 2.25. The Hall–Kier alpha value is -1.99. The molecular weight excluding hydrogens is 339 g/mol. The second kappa shape index (κ2) is 8.40. The lowest BCUT2D eigenvalue weighted by atomic mass is 10.1. The third-order valence-corrected chi connectivity index (χ3v) is 4.94. The number of amides is 1. The first kappa shape index (κ1) is 17.8. The summed E-state index contributed by atoms with van der Waals surface area (Å²) >= 11 is 1.43. The standard InChI is InChI=1S/C18H21FN4OS/c1-25-18-21-10-14(11-22-18)17(24)20-12-16(23-8-2-3-9-23)13-4-6-15(19)7-5-13/h4-7,10-11,16H,2-3,8-9,12H2,1H3,(H,20,24)/t16-/m0/s1. The Labute approximate surface area is 151 Å². The molecule has 0 unspecified atom stereocenters. The van der Waals surface area contributed by atoms with Crippen LogP contribution in [0.25, 0.3) is 0 Å². The van der Waals surface area contributed by atoms with E-state index >= 15 is 0 Å². The Bertz CT molecular complexity index is 702. The van der Waals surface area contributed by atoms with Crippen molar-refractivity contribution in [2.75, 3.05) is 25.9 Å². The van der Waals surface area contributed by atoms with Crippen LogP contribution in [0.15, 0.2) is 41.8 Å². The van der Waals surface area contributed by atoms with E-state index in [1.807, 2.05) is 6.26 Å². The molecule has 1 aromatic carbocycles. The van der Waals surface area contributed by atoms with Crippen molar-refractivity contribution in [3.63, 3.8) is 0 Å². The zero-order valence-corrected chi connectivity index (χ0v) is 14.9. The maximum Gasteiger partial charge on any atom is 0.254 e. The number of likely N-dealkylation sites (tertiary alicyclic amines) is 1. The van der Waals surface area contributed by atoms with E-state index in [0.717, 1.165) is 31.5 Å². The summed E-state index contributed by atoms with van der Waals surface area (Å²) in [4.78, 5) is 23.0. The van der Waals surface area contributed by atoms with Gasteiger partial charge in [0.05, 0.1) is 11.6 Å². The van der Waals surface area contributed by atoms with Crippen molar-refractivity contribution in [1.29, 1.82) is 0 Å². The van der Waals surface area contributed by atoms with Crippen LogP contribution in [-0.2, 0) is 0 Å². The van der Waals surface area contributed by atoms with Crippen LogP contribution in [0.1, 0.15) is 34.8 Å². The van der Waals surface area contributed by atoms with Crippen LogP contribution in [0.2, 0.25) is 0 Å². The molecule has 1 amide bonds. The van der Waals surface area contributed by atoms with Crippen molar-refractivity contribution in [3.05, 3.63) is 53.6 Å². The predicted molar refractivity (Wildman–Crippen MR) is 96.1 cm³/mol. The molecule has 1 aliphatic heterocycles. The number of hydrogen-bond donors (Lipinski definition) is 1. The molecule has 0 saturated carbocycles. The van der Waals surface area contributed by atoms with E-state index in [1.54, 1.807) is 12.1 Å². The molecule has 132 valence electrons. The molecule has 1 N–H and O–H groups in total. The monoisotopic (exact) mass is 360 g/mol. The zero-order chi connectivity index (χ0) is 17.6. The summed E-state index contributed by atoms with van der Waals surface area (Å²) < 4.78 is 13.2. The number of benzene rings is 1. The van der Waals surface area contributed by atoms with Crippen LogP contribution in [0, 0.1) is 5.82 Å². The van der Waals surface area contributed by atoms with Gasteiger partial charge in [0.15, 0.2) is 5.16 Å². The lowest BCUT2D eigenvalue weighted by Crippen LogP contribution is -2.36. The van der Waals surface area contributed by atoms with E-state index in [-0.39, 0.29) is 17.8 Å². The number of carbonyl (C=O) groups excluding carboxylic acids is 1. The topological polar surface area (TPSA) is 58.1 Å². The average Bonchev–Trinajstić information content (AvgIpc) is 3.17. The minimum absolute atomic E-state index is 0.0402. The molecular formula is C18H21FN4OS. The molecule has 1 aromatic heterocycles. The van der Waals surface area contributed by atoms with Crippen molar-refractivity contribution in [2.24, 2.45) is 0 Å². The van der Waals surface area contributed by atoms with Gasteiger partial charge in [0.25, 0.3) is 5.91 Å². The van der Waals surface area contributed by atoms with Gasteiger partial charge in [-0.15, -0.1) is 0 Å². The van der Waals surface area contributed by atoms with E-state index < -0.39 is 0 Å². The molecule has 1 fully saturated rings. The van der Waals surface area contributed by atoms with Crippen LogP contribution in [-0.4, -0.2) is 46.7 Å². The van der Waals surface area contributed by atoms with Gasteiger partial charge in [0.2, 0.25) is 0 Å². The molecule has 25 heavy (non-hydrogen) atoms. The van der Waals surface area contributed by atoms with Crippen molar-refractivity contribution in [2.45, 2.75) is 24.0 Å². The molecule has 0 radical (unpaired) electrons. The number of aromatic nitrogens is 2. The average molecular weight is 360 g/mol. The second-order valence-electron chi connectivity index (χ2n) is 5.98. The van der Waals surface area contributed by atoms with Gasteiger partial charge < -0.3 is 5.32 Å². The third kappa shape index (κ3) is 4.55. The van der Waals surface area contributed by atoms with Gasteiger partial charge in [0, 0.05) is 18.9 Å². The highest BCUT2D eigenvalue weighted by Gasteiger charge is 2.24. The number of nitrogens with zero attached hydrogens (tertiary/aromatic N) is 3. The lowest BCUT2D eigenvalue weighted by molar-refractivity contribution is 0.0937. The van der Waals surface area contributed by atoms with E-state index in [1.165, 1.54) is 36.3 Å². The van der Waals surface area contributed by atoms with Crippen LogP contribution in [0.4, 0.5) is 4.39 Å². The molecule has 1 atom stereocenters. The summed E-state index contributed by atoms with van der Waals surface area (Å²) in [7, 11) is 0. The highest BCUT2D eigenvalue weighted by molar-refractivity contribution is 7.98. The number of halogens is 1. The van der Waals surface area contributed by atoms with E-state index in [9.17, 15) is 9.18 Å². The van der Waals surface area contributed by atoms with Crippen LogP contribution < -0.4 is 5.32 Å². The molecule has 1 aliphatic rings. The Morgan fingerprint density at radius 3 is 2.48 bits per heavy atom. The fourth-order valence-electron chi connectivity index (χ4n) is 3.03. The van der Waals surface area contributed by atoms with E-state index in [2.05, 4.69) is 20.2 Å². The quantitative estimate of drug-likeness (QED) is 0.634. The van der Waals surface area contributed by atoms with Gasteiger partial charge in [-0.05, 0) is 49.9 Å². The number of thioether (sulfide) groups is 1. The largest absolute Gasteiger partial charge is 0.350 e. The second-order valence-corrected chi connectivity index (χ2v) is 6.75. The normalized spacial score (nSPS) is 15.9. The van der Waals surface area contributed by atoms with Gasteiger partial charge in [-0.2, -0.15) is 0 Å². The van der Waals surface area contributed by atoms with Crippen molar-refractivity contribution >= 4 is 17.7 Å². The number of rotatable bonds is 6. The first-order chi connectivity index (χ1) is 12.2. The Morgan fingerprint density at radius 1 is 1.24 bits per heavy atom. The summed E-state index contributed by atoms with van der Waals surface area (Å²) in [5.41, 5.74) is 1.45. The molecule has 2 heterocycles. The van der Waals surface area contributed by atoms with Gasteiger partial charge >= 0.3 is 0 Å². The summed E-state index contributed by atoms with van der Waals surface area (Å²) in [6, 6.07) is 6.56. The maximum atomic E-state index is 13.2. The van der Waals surface area contributed by atoms with Gasteiger partial charge in [-0.3, -0.25) is 9.69 Å². The van der Waals surface area contributed by atoms with Gasteiger partial charge in [-0.1, -0.05) is 23.9 Å². The van der Waals surface area contributed by atoms with Crippen molar-refractivity contribution in [1.82, 2.24) is 20.2 Å². The molecule has 5 nitrogen and oxygen atoms in total. The maximum absolute atomic E-state index is 13.2. The fraction of sp³-hybridized carbons (Fsp3) is 0.389. The predicted octanol–water partition coefficient (Wildman–Crippen LogP) is 2.90. The molecule has 0 bridgehead atoms. The van der Waals surface area contributed by atoms with Crippen LogP contribution >= 0.6 is 11.8 Å². The minimum atomic E-state index is -0.251. The van der Waals surface area contributed by atoms with Crippen LogP contribution in [0.3, 0.4) is 0 Å². The van der Waals surface area contributed by atoms with Crippen LogP contribution in [0.5, 0.6) is 0 Å². The molecule has 0 spiro atoms. The third-order valence-electron chi connectivity index (χ3n) is 4.37. The summed E-state index contributed by atoms with van der Waals surface area (Å²) in [5.74, 6) is -0.446. The number of nitrogens with one attached hydrogen (secondary N) is 1. The van der Waals surface area contributed by atoms with Crippen molar-refractivity contribution < 1.29 is 9.18 Å². The number of carbonyl (C=O) groups is 1. The zero-order valence-electron chi connectivity index (χ0n) is 14.1. The van der Waals surface area contributed by atoms with Gasteiger partial charge in [-0.25, -0.2) is 14.4 Å². The molecule has 3 rings (SSSR count). The Balaban J connectivity index is 1.69. The first-order valence-corrected chi connectivity index (χ1v) is 9.53.